The zero-order valence-corrected chi connectivity index (χ0v) is 11.5. The van der Waals surface area contributed by atoms with E-state index in [1.54, 1.807) is 4.90 Å². The molecule has 3 nitrogen and oxygen atoms in total. The highest BCUT2D eigenvalue weighted by Crippen LogP contribution is 2.33. The molecule has 1 aliphatic heterocycles. The third kappa shape index (κ3) is 2.39. The molecule has 2 aromatic rings. The molecule has 1 unspecified atom stereocenters. The van der Waals surface area contributed by atoms with E-state index in [9.17, 15) is 4.79 Å². The van der Waals surface area contributed by atoms with Crippen LogP contribution in [-0.4, -0.2) is 17.5 Å². The summed E-state index contributed by atoms with van der Waals surface area (Å²) in [5, 5.41) is 0. The van der Waals surface area contributed by atoms with Crippen LogP contribution in [-0.2, 0) is 16.9 Å². The van der Waals surface area contributed by atoms with Crippen molar-refractivity contribution in [3.63, 3.8) is 0 Å². The van der Waals surface area contributed by atoms with Crippen LogP contribution in [0.5, 0.6) is 0 Å². The van der Waals surface area contributed by atoms with Gasteiger partial charge in [-0.2, -0.15) is 0 Å². The molecule has 2 aromatic carbocycles. The quantitative estimate of drug-likeness (QED) is 0.851. The highest BCUT2D eigenvalue weighted by Gasteiger charge is 2.42. The van der Waals surface area contributed by atoms with Crippen molar-refractivity contribution in [2.24, 2.45) is 0 Å². The van der Waals surface area contributed by atoms with Gasteiger partial charge in [-0.1, -0.05) is 60.7 Å². The number of benzene rings is 2. The Labute approximate surface area is 118 Å². The van der Waals surface area contributed by atoms with E-state index in [1.807, 2.05) is 67.6 Å². The van der Waals surface area contributed by atoms with Gasteiger partial charge >= 0.3 is 6.09 Å². The Bertz CT molecular complexity index is 597. The molecule has 3 rings (SSSR count). The highest BCUT2D eigenvalue weighted by atomic mass is 16.6. The van der Waals surface area contributed by atoms with Crippen LogP contribution in [0.1, 0.15) is 18.1 Å². The Hall–Kier alpha value is -2.29. The Morgan fingerprint density at radius 2 is 1.65 bits per heavy atom. The van der Waals surface area contributed by atoms with Crippen LogP contribution in [0.3, 0.4) is 0 Å². The lowest BCUT2D eigenvalue weighted by Gasteiger charge is -2.22. The SMILES string of the molecule is CC1(c2ccccc2)CN(Cc2ccccc2)C(=O)O1. The third-order valence-electron chi connectivity index (χ3n) is 3.66. The Balaban J connectivity index is 1.79. The number of cyclic esters (lactones) is 1. The number of hydrogen-bond donors (Lipinski definition) is 0. The van der Waals surface area contributed by atoms with Crippen molar-refractivity contribution in [2.45, 2.75) is 19.1 Å². The predicted octanol–water partition coefficient (Wildman–Crippen LogP) is 3.55. The van der Waals surface area contributed by atoms with Crippen LogP contribution in [0.4, 0.5) is 4.79 Å². The highest BCUT2D eigenvalue weighted by molar-refractivity contribution is 5.71. The molecule has 3 heteroatoms. The lowest BCUT2D eigenvalue weighted by atomic mass is 9.96. The van der Waals surface area contributed by atoms with Gasteiger partial charge in [0.25, 0.3) is 0 Å². The van der Waals surface area contributed by atoms with Gasteiger partial charge in [0.05, 0.1) is 6.54 Å². The maximum absolute atomic E-state index is 12.1. The van der Waals surface area contributed by atoms with E-state index in [2.05, 4.69) is 0 Å². The first-order valence-electron chi connectivity index (χ1n) is 6.75. The van der Waals surface area contributed by atoms with Gasteiger partial charge in [0.15, 0.2) is 5.60 Å². The molecule has 1 saturated heterocycles. The van der Waals surface area contributed by atoms with Crippen molar-refractivity contribution in [1.29, 1.82) is 0 Å². The zero-order chi connectivity index (χ0) is 14.0. The smallest absolute Gasteiger partial charge is 0.411 e. The summed E-state index contributed by atoms with van der Waals surface area (Å²) in [6, 6.07) is 19.9. The van der Waals surface area contributed by atoms with Gasteiger partial charge in [-0.25, -0.2) is 4.79 Å². The van der Waals surface area contributed by atoms with Gasteiger partial charge in [-0.3, -0.25) is 4.90 Å². The minimum Gasteiger partial charge on any atom is -0.436 e. The number of amides is 1. The number of carbonyl (C=O) groups is 1. The van der Waals surface area contributed by atoms with E-state index in [-0.39, 0.29) is 6.09 Å². The Morgan fingerprint density at radius 1 is 1.05 bits per heavy atom. The van der Waals surface area contributed by atoms with Crippen LogP contribution in [0.2, 0.25) is 0 Å². The number of ether oxygens (including phenoxy) is 1. The maximum Gasteiger partial charge on any atom is 0.411 e. The third-order valence-corrected chi connectivity index (χ3v) is 3.66. The summed E-state index contributed by atoms with van der Waals surface area (Å²) in [6.45, 7) is 3.12. The largest absolute Gasteiger partial charge is 0.436 e. The molecule has 1 fully saturated rings. The summed E-state index contributed by atoms with van der Waals surface area (Å²) < 4.78 is 5.61. The van der Waals surface area contributed by atoms with Crippen molar-refractivity contribution < 1.29 is 9.53 Å². The van der Waals surface area contributed by atoms with Gasteiger partial charge in [-0.15, -0.1) is 0 Å². The summed E-state index contributed by atoms with van der Waals surface area (Å²) in [7, 11) is 0. The second kappa shape index (κ2) is 5.00. The second-order valence-electron chi connectivity index (χ2n) is 5.31. The number of carbonyl (C=O) groups excluding carboxylic acids is 1. The molecule has 0 bridgehead atoms. The van der Waals surface area contributed by atoms with Gasteiger partial charge in [0.1, 0.15) is 0 Å². The fourth-order valence-electron chi connectivity index (χ4n) is 2.58. The first kappa shape index (κ1) is 12.7. The molecule has 20 heavy (non-hydrogen) atoms. The average molecular weight is 267 g/mol. The molecule has 1 atom stereocenters. The van der Waals surface area contributed by atoms with E-state index in [4.69, 9.17) is 4.74 Å². The molecule has 0 aromatic heterocycles. The molecular formula is C17H17NO2. The van der Waals surface area contributed by atoms with Crippen LogP contribution in [0, 0.1) is 0 Å². The van der Waals surface area contributed by atoms with Crippen LogP contribution in [0.15, 0.2) is 60.7 Å². The van der Waals surface area contributed by atoms with Crippen molar-refractivity contribution in [3.05, 3.63) is 71.8 Å². The zero-order valence-electron chi connectivity index (χ0n) is 11.5. The molecule has 1 heterocycles. The summed E-state index contributed by atoms with van der Waals surface area (Å²) in [5.74, 6) is 0. The van der Waals surface area contributed by atoms with Crippen molar-refractivity contribution in [3.8, 4) is 0 Å². The fourth-order valence-corrected chi connectivity index (χ4v) is 2.58. The average Bonchev–Trinajstić information content (AvgIpc) is 2.77. The second-order valence-corrected chi connectivity index (χ2v) is 5.31. The first-order valence-corrected chi connectivity index (χ1v) is 6.75. The summed E-state index contributed by atoms with van der Waals surface area (Å²) in [6.07, 6.45) is -0.250. The van der Waals surface area contributed by atoms with E-state index >= 15 is 0 Å². The Morgan fingerprint density at radius 3 is 2.30 bits per heavy atom. The van der Waals surface area contributed by atoms with Crippen molar-refractivity contribution in [1.82, 2.24) is 4.90 Å². The van der Waals surface area contributed by atoms with Gasteiger partial charge in [-0.05, 0) is 18.1 Å². The standard InChI is InChI=1S/C17H17NO2/c1-17(15-10-6-3-7-11-15)13-18(16(19)20-17)12-14-8-4-2-5-9-14/h2-11H,12-13H2,1H3. The molecule has 1 amide bonds. The lowest BCUT2D eigenvalue weighted by Crippen LogP contribution is -2.29. The molecule has 0 aliphatic carbocycles. The van der Waals surface area contributed by atoms with Crippen molar-refractivity contribution >= 4 is 6.09 Å². The number of rotatable bonds is 3. The molecule has 102 valence electrons. The van der Waals surface area contributed by atoms with E-state index in [0.29, 0.717) is 13.1 Å². The molecule has 1 aliphatic rings. The number of nitrogens with zero attached hydrogens (tertiary/aromatic N) is 1. The molecule has 0 radical (unpaired) electrons. The normalized spacial score (nSPS) is 21.9. The van der Waals surface area contributed by atoms with E-state index in [0.717, 1.165) is 11.1 Å². The van der Waals surface area contributed by atoms with Gasteiger partial charge in [0.2, 0.25) is 0 Å². The van der Waals surface area contributed by atoms with Crippen LogP contribution >= 0.6 is 0 Å². The first-order chi connectivity index (χ1) is 9.67. The fraction of sp³-hybridized carbons (Fsp3) is 0.235. The maximum atomic E-state index is 12.1. The molecular weight excluding hydrogens is 250 g/mol. The molecule has 0 spiro atoms. The summed E-state index contributed by atoms with van der Waals surface area (Å²) in [4.78, 5) is 13.8. The van der Waals surface area contributed by atoms with Crippen LogP contribution < -0.4 is 0 Å². The molecule has 0 N–H and O–H groups in total. The van der Waals surface area contributed by atoms with Gasteiger partial charge in [0, 0.05) is 6.54 Å². The van der Waals surface area contributed by atoms with Crippen LogP contribution in [0.25, 0.3) is 0 Å². The topological polar surface area (TPSA) is 29.5 Å². The monoisotopic (exact) mass is 267 g/mol. The van der Waals surface area contributed by atoms with E-state index in [1.165, 1.54) is 0 Å². The Kier molecular flexibility index (Phi) is 3.18. The summed E-state index contributed by atoms with van der Waals surface area (Å²) in [5.41, 5.74) is 1.58. The lowest BCUT2D eigenvalue weighted by molar-refractivity contribution is 0.0700. The minimum atomic E-state index is -0.562. The molecule has 0 saturated carbocycles. The predicted molar refractivity (Wildman–Crippen MR) is 77.1 cm³/mol. The van der Waals surface area contributed by atoms with E-state index < -0.39 is 5.60 Å². The van der Waals surface area contributed by atoms with Crippen molar-refractivity contribution in [2.75, 3.05) is 6.54 Å². The van der Waals surface area contributed by atoms with Gasteiger partial charge < -0.3 is 4.74 Å². The number of hydrogen-bond acceptors (Lipinski definition) is 2. The summed E-state index contributed by atoms with van der Waals surface area (Å²) >= 11 is 0. The minimum absolute atomic E-state index is 0.250.